The van der Waals surface area contributed by atoms with Gasteiger partial charge < -0.3 is 10.5 Å². The summed E-state index contributed by atoms with van der Waals surface area (Å²) < 4.78 is 7.31. The highest BCUT2D eigenvalue weighted by molar-refractivity contribution is 5.06. The lowest BCUT2D eigenvalue weighted by Crippen LogP contribution is -2.18. The minimum atomic E-state index is 0.0445. The van der Waals surface area contributed by atoms with Crippen LogP contribution in [0.5, 0.6) is 0 Å². The molecule has 2 rings (SSSR count). The highest BCUT2D eigenvalue weighted by atomic mass is 16.5. The molecule has 1 aromatic rings. The van der Waals surface area contributed by atoms with Crippen LogP contribution in [0.25, 0.3) is 0 Å². The summed E-state index contributed by atoms with van der Waals surface area (Å²) in [5.74, 6) is 0. The summed E-state index contributed by atoms with van der Waals surface area (Å²) in [6.07, 6.45) is 2.85. The molecule has 0 saturated carbocycles. The maximum Gasteiger partial charge on any atom is 0.0778 e. The van der Waals surface area contributed by atoms with Crippen molar-refractivity contribution in [1.82, 2.24) is 9.78 Å². The Balaban J connectivity index is 2.23. The topological polar surface area (TPSA) is 53.1 Å². The zero-order valence-corrected chi connectivity index (χ0v) is 7.81. The molecule has 0 radical (unpaired) electrons. The SMILES string of the molecule is CC(N)c1ccnn1C1CCOC1. The molecule has 4 nitrogen and oxygen atoms in total. The maximum absolute atomic E-state index is 5.82. The predicted octanol–water partition coefficient (Wildman–Crippen LogP) is 0.864. The summed E-state index contributed by atoms with van der Waals surface area (Å²) >= 11 is 0. The fourth-order valence-corrected chi connectivity index (χ4v) is 1.71. The van der Waals surface area contributed by atoms with E-state index in [4.69, 9.17) is 10.5 Å². The van der Waals surface area contributed by atoms with Crippen molar-refractivity contribution in [2.75, 3.05) is 13.2 Å². The average Bonchev–Trinajstić information content (AvgIpc) is 2.74. The van der Waals surface area contributed by atoms with Gasteiger partial charge in [-0.1, -0.05) is 0 Å². The second-order valence-electron chi connectivity index (χ2n) is 3.51. The molecule has 13 heavy (non-hydrogen) atoms. The van der Waals surface area contributed by atoms with Crippen LogP contribution in [0.4, 0.5) is 0 Å². The van der Waals surface area contributed by atoms with Crippen LogP contribution in [-0.4, -0.2) is 23.0 Å². The van der Waals surface area contributed by atoms with Gasteiger partial charge in [0.15, 0.2) is 0 Å². The van der Waals surface area contributed by atoms with Gasteiger partial charge in [0.1, 0.15) is 0 Å². The third-order valence-electron chi connectivity index (χ3n) is 2.42. The molecular weight excluding hydrogens is 166 g/mol. The molecule has 2 heterocycles. The minimum absolute atomic E-state index is 0.0445. The van der Waals surface area contributed by atoms with E-state index in [2.05, 4.69) is 5.10 Å². The van der Waals surface area contributed by atoms with Crippen molar-refractivity contribution in [1.29, 1.82) is 0 Å². The molecule has 2 atom stereocenters. The van der Waals surface area contributed by atoms with Gasteiger partial charge >= 0.3 is 0 Å². The molecule has 0 spiro atoms. The number of ether oxygens (including phenoxy) is 1. The normalized spacial score (nSPS) is 24.9. The first-order valence-electron chi connectivity index (χ1n) is 4.66. The van der Waals surface area contributed by atoms with Crippen molar-refractivity contribution in [3.63, 3.8) is 0 Å². The number of aromatic nitrogens is 2. The van der Waals surface area contributed by atoms with Crippen molar-refractivity contribution in [2.45, 2.75) is 25.4 Å². The predicted molar refractivity (Wildman–Crippen MR) is 49.3 cm³/mol. The monoisotopic (exact) mass is 181 g/mol. The molecule has 1 fully saturated rings. The standard InChI is InChI=1S/C9H15N3O/c1-7(10)9-2-4-11-12(9)8-3-5-13-6-8/h2,4,7-8H,3,5-6,10H2,1H3. The van der Waals surface area contributed by atoms with Crippen molar-refractivity contribution in [3.8, 4) is 0 Å². The average molecular weight is 181 g/mol. The fourth-order valence-electron chi connectivity index (χ4n) is 1.71. The van der Waals surface area contributed by atoms with Gasteiger partial charge in [0, 0.05) is 18.8 Å². The van der Waals surface area contributed by atoms with Gasteiger partial charge in [-0.25, -0.2) is 0 Å². The molecule has 1 aliphatic rings. The maximum atomic E-state index is 5.82. The first-order chi connectivity index (χ1) is 6.29. The summed E-state index contributed by atoms with van der Waals surface area (Å²) in [4.78, 5) is 0. The molecule has 2 unspecified atom stereocenters. The Morgan fingerprint density at radius 2 is 2.62 bits per heavy atom. The van der Waals surface area contributed by atoms with Gasteiger partial charge in [-0.15, -0.1) is 0 Å². The molecule has 4 heteroatoms. The lowest BCUT2D eigenvalue weighted by Gasteiger charge is -2.14. The highest BCUT2D eigenvalue weighted by Gasteiger charge is 2.21. The van der Waals surface area contributed by atoms with Crippen LogP contribution in [0.2, 0.25) is 0 Å². The lowest BCUT2D eigenvalue weighted by molar-refractivity contribution is 0.183. The van der Waals surface area contributed by atoms with Gasteiger partial charge in [-0.05, 0) is 19.4 Å². The molecule has 0 aliphatic carbocycles. The Morgan fingerprint density at radius 3 is 3.23 bits per heavy atom. The summed E-state index contributed by atoms with van der Waals surface area (Å²) in [6.45, 7) is 3.58. The van der Waals surface area contributed by atoms with E-state index < -0.39 is 0 Å². The quantitative estimate of drug-likeness (QED) is 0.736. The molecule has 72 valence electrons. The number of hydrogen-bond donors (Lipinski definition) is 1. The summed E-state index contributed by atoms with van der Waals surface area (Å²) in [7, 11) is 0. The van der Waals surface area contributed by atoms with Crippen LogP contribution in [0.1, 0.15) is 31.1 Å². The number of nitrogens with two attached hydrogens (primary N) is 1. The highest BCUT2D eigenvalue weighted by Crippen LogP contribution is 2.21. The van der Waals surface area contributed by atoms with Crippen LogP contribution >= 0.6 is 0 Å². The summed E-state index contributed by atoms with van der Waals surface area (Å²) in [5, 5.41) is 4.28. The zero-order valence-electron chi connectivity index (χ0n) is 7.81. The lowest BCUT2D eigenvalue weighted by atomic mass is 10.2. The van der Waals surface area contributed by atoms with Crippen molar-refractivity contribution < 1.29 is 4.74 Å². The zero-order chi connectivity index (χ0) is 9.26. The largest absolute Gasteiger partial charge is 0.379 e. The van der Waals surface area contributed by atoms with E-state index in [0.717, 1.165) is 25.3 Å². The third kappa shape index (κ3) is 1.59. The van der Waals surface area contributed by atoms with Crippen LogP contribution < -0.4 is 5.73 Å². The number of hydrogen-bond acceptors (Lipinski definition) is 3. The summed E-state index contributed by atoms with van der Waals surface area (Å²) in [6, 6.07) is 2.40. The molecule has 0 bridgehead atoms. The first kappa shape index (κ1) is 8.72. The van der Waals surface area contributed by atoms with E-state index in [0.29, 0.717) is 6.04 Å². The van der Waals surface area contributed by atoms with Crippen LogP contribution in [-0.2, 0) is 4.74 Å². The van der Waals surface area contributed by atoms with E-state index in [9.17, 15) is 0 Å². The van der Waals surface area contributed by atoms with Crippen molar-refractivity contribution in [2.24, 2.45) is 5.73 Å². The van der Waals surface area contributed by atoms with Gasteiger partial charge in [0.2, 0.25) is 0 Å². The van der Waals surface area contributed by atoms with Crippen LogP contribution in [0.3, 0.4) is 0 Å². The Bertz CT molecular complexity index is 276. The van der Waals surface area contributed by atoms with Crippen LogP contribution in [0.15, 0.2) is 12.3 Å². The van der Waals surface area contributed by atoms with Gasteiger partial charge in [0.25, 0.3) is 0 Å². The molecule has 0 aromatic carbocycles. The van der Waals surface area contributed by atoms with E-state index >= 15 is 0 Å². The summed E-state index contributed by atoms with van der Waals surface area (Å²) in [5.41, 5.74) is 6.92. The molecule has 1 saturated heterocycles. The second-order valence-corrected chi connectivity index (χ2v) is 3.51. The third-order valence-corrected chi connectivity index (χ3v) is 2.42. The fraction of sp³-hybridized carbons (Fsp3) is 0.667. The Labute approximate surface area is 77.7 Å². The van der Waals surface area contributed by atoms with E-state index in [1.54, 1.807) is 6.20 Å². The van der Waals surface area contributed by atoms with Crippen LogP contribution in [0, 0.1) is 0 Å². The minimum Gasteiger partial charge on any atom is -0.379 e. The molecule has 1 aromatic heterocycles. The number of rotatable bonds is 2. The molecule has 2 N–H and O–H groups in total. The molecule has 0 amide bonds. The van der Waals surface area contributed by atoms with Gasteiger partial charge in [-0.2, -0.15) is 5.10 Å². The first-order valence-corrected chi connectivity index (χ1v) is 4.66. The van der Waals surface area contributed by atoms with Gasteiger partial charge in [0.05, 0.1) is 18.3 Å². The number of nitrogens with zero attached hydrogens (tertiary/aromatic N) is 2. The van der Waals surface area contributed by atoms with Crippen molar-refractivity contribution >= 4 is 0 Å². The van der Waals surface area contributed by atoms with E-state index in [1.165, 1.54) is 0 Å². The Kier molecular flexibility index (Phi) is 2.33. The molecule has 1 aliphatic heterocycles. The molecular formula is C9H15N3O. The second kappa shape index (κ2) is 3.47. The van der Waals surface area contributed by atoms with Gasteiger partial charge in [-0.3, -0.25) is 4.68 Å². The Hall–Kier alpha value is -0.870. The smallest absolute Gasteiger partial charge is 0.0778 e. The Morgan fingerprint density at radius 1 is 1.77 bits per heavy atom. The van der Waals surface area contributed by atoms with Crippen molar-refractivity contribution in [3.05, 3.63) is 18.0 Å². The van der Waals surface area contributed by atoms with E-state index in [-0.39, 0.29) is 6.04 Å². The van der Waals surface area contributed by atoms with E-state index in [1.807, 2.05) is 17.7 Å².